The summed E-state index contributed by atoms with van der Waals surface area (Å²) in [6, 6.07) is 11.8. The van der Waals surface area contributed by atoms with Crippen molar-refractivity contribution in [3.05, 3.63) is 36.4 Å². The van der Waals surface area contributed by atoms with Gasteiger partial charge in [-0.25, -0.2) is 0 Å². The Balaban J connectivity index is 1.62. The molecule has 0 bridgehead atoms. The number of carboxylic acid groups (broad SMARTS) is 1. The molecule has 19 heavy (non-hydrogen) atoms. The minimum absolute atomic E-state index is 0.165. The first kappa shape index (κ1) is 11.8. The molecule has 0 aliphatic heterocycles. The number of nitrogens with one attached hydrogen (secondary N) is 1. The second-order valence-electron chi connectivity index (χ2n) is 4.79. The van der Waals surface area contributed by atoms with Crippen molar-refractivity contribution in [2.75, 3.05) is 5.32 Å². The van der Waals surface area contributed by atoms with Crippen LogP contribution in [0.4, 0.5) is 5.88 Å². The Morgan fingerprint density at radius 3 is 2.74 bits per heavy atom. The van der Waals surface area contributed by atoms with Crippen molar-refractivity contribution in [1.82, 2.24) is 5.16 Å². The average Bonchev–Trinajstić information content (AvgIpc) is 2.82. The van der Waals surface area contributed by atoms with Crippen LogP contribution in [-0.4, -0.2) is 22.3 Å². The molecule has 1 saturated carbocycles. The fraction of sp³-hybridized carbons (Fsp3) is 0.286. The van der Waals surface area contributed by atoms with Crippen molar-refractivity contribution in [2.45, 2.75) is 18.9 Å². The molecule has 1 aliphatic rings. The number of nitrogens with zero attached hydrogens (tertiary/aromatic N) is 1. The summed E-state index contributed by atoms with van der Waals surface area (Å²) in [6.07, 6.45) is 1.27. The molecule has 0 unspecified atom stereocenters. The van der Waals surface area contributed by atoms with Crippen molar-refractivity contribution in [2.24, 2.45) is 5.92 Å². The molecule has 0 atom stereocenters. The van der Waals surface area contributed by atoms with Crippen LogP contribution < -0.4 is 5.32 Å². The summed E-state index contributed by atoms with van der Waals surface area (Å²) in [4.78, 5) is 10.7. The predicted molar refractivity (Wildman–Crippen MR) is 69.7 cm³/mol. The smallest absolute Gasteiger partial charge is 0.306 e. The van der Waals surface area contributed by atoms with E-state index in [1.165, 1.54) is 0 Å². The molecule has 0 saturated heterocycles. The van der Waals surface area contributed by atoms with Gasteiger partial charge in [-0.1, -0.05) is 35.5 Å². The van der Waals surface area contributed by atoms with E-state index in [0.29, 0.717) is 18.7 Å². The van der Waals surface area contributed by atoms with Crippen LogP contribution in [0.2, 0.25) is 0 Å². The lowest BCUT2D eigenvalue weighted by molar-refractivity contribution is -0.144. The van der Waals surface area contributed by atoms with E-state index in [1.807, 2.05) is 36.4 Å². The van der Waals surface area contributed by atoms with Crippen LogP contribution in [0.5, 0.6) is 0 Å². The monoisotopic (exact) mass is 258 g/mol. The Labute approximate surface area is 110 Å². The summed E-state index contributed by atoms with van der Waals surface area (Å²) in [5.41, 5.74) is 1.77. The van der Waals surface area contributed by atoms with Gasteiger partial charge in [0.15, 0.2) is 0 Å². The normalized spacial score (nSPS) is 21.7. The lowest BCUT2D eigenvalue weighted by Crippen LogP contribution is -2.39. The number of benzene rings is 1. The quantitative estimate of drug-likeness (QED) is 0.881. The summed E-state index contributed by atoms with van der Waals surface area (Å²) in [5, 5.41) is 16.0. The largest absolute Gasteiger partial charge is 0.481 e. The average molecular weight is 258 g/mol. The third-order valence-corrected chi connectivity index (χ3v) is 3.41. The SMILES string of the molecule is O=C(O)C1CC(Nc2cc(-c3ccccc3)no2)C1. The number of rotatable bonds is 4. The van der Waals surface area contributed by atoms with Gasteiger partial charge in [0.1, 0.15) is 5.69 Å². The number of aromatic nitrogens is 1. The van der Waals surface area contributed by atoms with E-state index in [4.69, 9.17) is 9.63 Å². The fourth-order valence-corrected chi connectivity index (χ4v) is 2.23. The fourth-order valence-electron chi connectivity index (χ4n) is 2.23. The minimum Gasteiger partial charge on any atom is -0.481 e. The van der Waals surface area contributed by atoms with Crippen molar-refractivity contribution in [3.63, 3.8) is 0 Å². The zero-order valence-corrected chi connectivity index (χ0v) is 10.2. The Hall–Kier alpha value is -2.30. The first-order chi connectivity index (χ1) is 9.22. The number of anilines is 1. The molecule has 2 aromatic rings. The summed E-state index contributed by atoms with van der Waals surface area (Å²) in [6.45, 7) is 0. The van der Waals surface area contributed by atoms with Crippen LogP contribution in [0.3, 0.4) is 0 Å². The number of carboxylic acids is 1. The van der Waals surface area contributed by atoms with E-state index >= 15 is 0 Å². The van der Waals surface area contributed by atoms with E-state index < -0.39 is 5.97 Å². The van der Waals surface area contributed by atoms with Crippen LogP contribution in [0.1, 0.15) is 12.8 Å². The van der Waals surface area contributed by atoms with E-state index in [2.05, 4.69) is 10.5 Å². The number of aliphatic carboxylic acids is 1. The molecule has 0 spiro atoms. The molecule has 1 aliphatic carbocycles. The topological polar surface area (TPSA) is 75.4 Å². The van der Waals surface area contributed by atoms with Gasteiger partial charge in [0.05, 0.1) is 5.92 Å². The molecular weight excluding hydrogens is 244 g/mol. The molecule has 1 heterocycles. The predicted octanol–water partition coefficient (Wildman–Crippen LogP) is 2.62. The Bertz CT molecular complexity index is 573. The maximum atomic E-state index is 10.7. The number of hydrogen-bond donors (Lipinski definition) is 2. The van der Waals surface area contributed by atoms with Crippen LogP contribution >= 0.6 is 0 Å². The highest BCUT2D eigenvalue weighted by atomic mass is 16.5. The Morgan fingerprint density at radius 2 is 2.05 bits per heavy atom. The Kier molecular flexibility index (Phi) is 2.95. The molecule has 1 fully saturated rings. The highest BCUT2D eigenvalue weighted by molar-refractivity contribution is 5.71. The molecule has 3 rings (SSSR count). The van der Waals surface area contributed by atoms with Crippen LogP contribution in [0.25, 0.3) is 11.3 Å². The zero-order valence-electron chi connectivity index (χ0n) is 10.2. The van der Waals surface area contributed by atoms with Crippen molar-refractivity contribution < 1.29 is 14.4 Å². The second kappa shape index (κ2) is 4.76. The summed E-state index contributed by atoms with van der Waals surface area (Å²) >= 11 is 0. The van der Waals surface area contributed by atoms with Gasteiger partial charge in [-0.05, 0) is 12.8 Å². The number of hydrogen-bond acceptors (Lipinski definition) is 4. The van der Waals surface area contributed by atoms with Gasteiger partial charge in [0, 0.05) is 17.7 Å². The summed E-state index contributed by atoms with van der Waals surface area (Å²) in [5.74, 6) is -0.359. The molecule has 5 heteroatoms. The lowest BCUT2D eigenvalue weighted by Gasteiger charge is -2.32. The third-order valence-electron chi connectivity index (χ3n) is 3.41. The van der Waals surface area contributed by atoms with Gasteiger partial charge >= 0.3 is 5.97 Å². The van der Waals surface area contributed by atoms with Gasteiger partial charge in [0.25, 0.3) is 0 Å². The van der Waals surface area contributed by atoms with Crippen LogP contribution in [-0.2, 0) is 4.79 Å². The van der Waals surface area contributed by atoms with Crippen molar-refractivity contribution >= 4 is 11.9 Å². The highest BCUT2D eigenvalue weighted by Crippen LogP contribution is 2.31. The Morgan fingerprint density at radius 1 is 1.32 bits per heavy atom. The molecule has 5 nitrogen and oxygen atoms in total. The molecule has 1 aromatic carbocycles. The van der Waals surface area contributed by atoms with E-state index in [9.17, 15) is 4.79 Å². The van der Waals surface area contributed by atoms with Crippen LogP contribution in [0.15, 0.2) is 40.9 Å². The number of carbonyl (C=O) groups is 1. The molecule has 1 aromatic heterocycles. The summed E-state index contributed by atoms with van der Waals surface area (Å²) in [7, 11) is 0. The van der Waals surface area contributed by atoms with Crippen molar-refractivity contribution in [1.29, 1.82) is 0 Å². The third kappa shape index (κ3) is 2.45. The summed E-state index contributed by atoms with van der Waals surface area (Å²) < 4.78 is 5.21. The highest BCUT2D eigenvalue weighted by Gasteiger charge is 2.34. The molecule has 98 valence electrons. The van der Waals surface area contributed by atoms with Gasteiger partial charge in [-0.2, -0.15) is 0 Å². The van der Waals surface area contributed by atoms with Gasteiger partial charge in [-0.15, -0.1) is 0 Å². The minimum atomic E-state index is -0.722. The van der Waals surface area contributed by atoms with Gasteiger partial charge in [-0.3, -0.25) is 4.79 Å². The maximum absolute atomic E-state index is 10.7. The van der Waals surface area contributed by atoms with Crippen molar-refractivity contribution in [3.8, 4) is 11.3 Å². The van der Waals surface area contributed by atoms with E-state index in [1.54, 1.807) is 0 Å². The van der Waals surface area contributed by atoms with Gasteiger partial charge in [0.2, 0.25) is 5.88 Å². The van der Waals surface area contributed by atoms with Crippen LogP contribution in [0, 0.1) is 5.92 Å². The first-order valence-corrected chi connectivity index (χ1v) is 6.24. The maximum Gasteiger partial charge on any atom is 0.306 e. The zero-order chi connectivity index (χ0) is 13.2. The lowest BCUT2D eigenvalue weighted by atomic mass is 9.80. The van der Waals surface area contributed by atoms with Gasteiger partial charge < -0.3 is 14.9 Å². The van der Waals surface area contributed by atoms with E-state index in [0.717, 1.165) is 11.3 Å². The first-order valence-electron chi connectivity index (χ1n) is 6.24. The molecular formula is C14H14N2O3. The molecule has 2 N–H and O–H groups in total. The standard InChI is InChI=1S/C14H14N2O3/c17-14(18)10-6-11(7-10)15-13-8-12(16-19-13)9-4-2-1-3-5-9/h1-5,8,10-11,15H,6-7H2,(H,17,18). The molecule has 0 amide bonds. The second-order valence-corrected chi connectivity index (χ2v) is 4.79. The molecule has 0 radical (unpaired) electrons. The van der Waals surface area contributed by atoms with E-state index in [-0.39, 0.29) is 12.0 Å².